The van der Waals surface area contributed by atoms with Gasteiger partial charge in [0.1, 0.15) is 18.0 Å². The van der Waals surface area contributed by atoms with Crippen molar-refractivity contribution in [3.8, 4) is 5.75 Å². The van der Waals surface area contributed by atoms with Crippen LogP contribution in [-0.4, -0.2) is 112 Å². The van der Waals surface area contributed by atoms with Gasteiger partial charge in [0.25, 0.3) is 5.91 Å². The summed E-state index contributed by atoms with van der Waals surface area (Å²) in [4.78, 5) is 41.9. The molecule has 3 amide bonds. The number of carbonyl (C=O) groups excluding carboxylic acids is 3. The van der Waals surface area contributed by atoms with Crippen molar-refractivity contribution in [1.82, 2.24) is 20.9 Å². The second-order valence-electron chi connectivity index (χ2n) is 14.3. The third-order valence-corrected chi connectivity index (χ3v) is 8.56. The molecule has 1 aliphatic heterocycles. The molecule has 0 aromatic heterocycles. The number of ether oxygens (including phenoxy) is 4. The second kappa shape index (κ2) is 21.8. The van der Waals surface area contributed by atoms with Crippen molar-refractivity contribution >= 4 is 17.9 Å². The lowest BCUT2D eigenvalue weighted by molar-refractivity contribution is -0.127. The van der Waals surface area contributed by atoms with Crippen LogP contribution >= 0.6 is 0 Å². The fraction of sp³-hybridized carbons (Fsp3) is 0.703. The van der Waals surface area contributed by atoms with E-state index in [1.54, 1.807) is 46.1 Å². The first kappa shape index (κ1) is 42.0. The summed E-state index contributed by atoms with van der Waals surface area (Å²) in [6, 6.07) is 6.33. The first-order chi connectivity index (χ1) is 23.2. The van der Waals surface area contributed by atoms with Crippen LogP contribution in [0.5, 0.6) is 5.75 Å². The van der Waals surface area contributed by atoms with Gasteiger partial charge < -0.3 is 40.0 Å². The average molecular weight is 691 g/mol. The highest BCUT2D eigenvalue weighted by Crippen LogP contribution is 2.25. The number of methoxy groups -OCH3 is 1. The fourth-order valence-corrected chi connectivity index (χ4v) is 5.56. The standard InChI is InChI=1S/C37H62N4O8/c1-26(2)28(25-39-34(43)29-13-9-10-14-33(29)48-20-12-11-19-46-8)23-31(40-36(45)49-37(5,6)7)32(42)24-30(27(3)4)35(44)38-15-16-41-17-21-47-22-18-41/h9-14,26-28,30-32,42H,15-25H2,1-8H3,(H,38,44)(H,39,43)(H,40,45). The number of carbonyl (C=O) groups is 3. The zero-order valence-corrected chi connectivity index (χ0v) is 31.0. The number of para-hydroxylation sites is 1. The van der Waals surface area contributed by atoms with Gasteiger partial charge in [-0.2, -0.15) is 0 Å². The molecule has 278 valence electrons. The van der Waals surface area contributed by atoms with Gasteiger partial charge in [0.2, 0.25) is 5.91 Å². The molecule has 0 saturated carbocycles. The molecule has 1 heterocycles. The number of nitrogens with zero attached hydrogens (tertiary/aromatic N) is 1. The maximum atomic E-state index is 13.3. The predicted molar refractivity (Wildman–Crippen MR) is 191 cm³/mol. The number of rotatable bonds is 20. The Morgan fingerprint density at radius 2 is 1.65 bits per heavy atom. The van der Waals surface area contributed by atoms with Crippen LogP contribution in [0.25, 0.3) is 0 Å². The van der Waals surface area contributed by atoms with E-state index in [1.165, 1.54) is 0 Å². The monoisotopic (exact) mass is 690 g/mol. The lowest BCUT2D eigenvalue weighted by Gasteiger charge is -2.33. The fourth-order valence-electron chi connectivity index (χ4n) is 5.56. The van der Waals surface area contributed by atoms with Gasteiger partial charge in [-0.1, -0.05) is 45.9 Å². The number of aliphatic hydroxyl groups is 1. The summed E-state index contributed by atoms with van der Waals surface area (Å²) in [6.07, 6.45) is 2.49. The minimum atomic E-state index is -1.04. The van der Waals surface area contributed by atoms with Crippen LogP contribution in [0.1, 0.15) is 71.7 Å². The summed E-state index contributed by atoms with van der Waals surface area (Å²) < 4.78 is 21.8. The van der Waals surface area contributed by atoms with Gasteiger partial charge in [0, 0.05) is 45.8 Å². The highest BCUT2D eigenvalue weighted by Gasteiger charge is 2.33. The predicted octanol–water partition coefficient (Wildman–Crippen LogP) is 4.03. The van der Waals surface area contributed by atoms with E-state index in [-0.39, 0.29) is 36.0 Å². The van der Waals surface area contributed by atoms with Gasteiger partial charge in [-0.05, 0) is 69.6 Å². The highest BCUT2D eigenvalue weighted by atomic mass is 16.6. The molecule has 1 aromatic rings. The number of hydrogen-bond donors (Lipinski definition) is 4. The van der Waals surface area contributed by atoms with E-state index in [2.05, 4.69) is 20.9 Å². The topological polar surface area (TPSA) is 148 Å². The molecule has 1 aromatic carbocycles. The molecule has 4 atom stereocenters. The van der Waals surface area contributed by atoms with Gasteiger partial charge in [-0.25, -0.2) is 4.79 Å². The number of alkyl carbamates (subject to hydrolysis) is 1. The molecule has 49 heavy (non-hydrogen) atoms. The number of nitrogens with one attached hydrogen (secondary N) is 3. The lowest BCUT2D eigenvalue weighted by Crippen LogP contribution is -2.49. The Kier molecular flexibility index (Phi) is 18.7. The molecule has 12 nitrogen and oxygen atoms in total. The van der Waals surface area contributed by atoms with Crippen molar-refractivity contribution in [2.24, 2.45) is 23.7 Å². The summed E-state index contributed by atoms with van der Waals surface area (Å²) >= 11 is 0. The Morgan fingerprint density at radius 1 is 0.980 bits per heavy atom. The van der Waals surface area contributed by atoms with Crippen LogP contribution < -0.4 is 20.7 Å². The SMILES string of the molecule is COCC=CCOc1ccccc1C(=O)NCC(CC(NC(=O)OC(C)(C)C)C(O)CC(C(=O)NCCN1CCOCC1)C(C)C)C(C)C. The van der Waals surface area contributed by atoms with Crippen molar-refractivity contribution in [2.45, 2.75) is 79.1 Å². The van der Waals surface area contributed by atoms with Crippen LogP contribution in [-0.2, 0) is 19.0 Å². The molecule has 1 fully saturated rings. The lowest BCUT2D eigenvalue weighted by atomic mass is 9.82. The molecule has 0 spiro atoms. The van der Waals surface area contributed by atoms with E-state index in [4.69, 9.17) is 18.9 Å². The Morgan fingerprint density at radius 3 is 2.29 bits per heavy atom. The number of morpholine rings is 1. The first-order valence-electron chi connectivity index (χ1n) is 17.6. The van der Waals surface area contributed by atoms with Gasteiger partial charge in [0.15, 0.2) is 0 Å². The molecule has 0 radical (unpaired) electrons. The number of benzene rings is 1. The minimum Gasteiger partial charge on any atom is -0.489 e. The molecule has 0 aliphatic carbocycles. The molecule has 4 N–H and O–H groups in total. The normalized spacial score (nSPS) is 16.6. The smallest absolute Gasteiger partial charge is 0.407 e. The van der Waals surface area contributed by atoms with E-state index < -0.39 is 29.8 Å². The van der Waals surface area contributed by atoms with Crippen molar-refractivity contribution in [3.05, 3.63) is 42.0 Å². The van der Waals surface area contributed by atoms with E-state index in [9.17, 15) is 19.5 Å². The number of aliphatic hydroxyl groups excluding tert-OH is 1. The van der Waals surface area contributed by atoms with Crippen molar-refractivity contribution < 1.29 is 38.4 Å². The summed E-state index contributed by atoms with van der Waals surface area (Å²) in [6.45, 7) is 18.7. The van der Waals surface area contributed by atoms with Crippen LogP contribution in [0.15, 0.2) is 36.4 Å². The van der Waals surface area contributed by atoms with E-state index in [0.29, 0.717) is 57.3 Å². The second-order valence-corrected chi connectivity index (χ2v) is 14.3. The molecule has 4 unspecified atom stereocenters. The average Bonchev–Trinajstić information content (AvgIpc) is 3.04. The third-order valence-electron chi connectivity index (χ3n) is 8.56. The zero-order valence-electron chi connectivity index (χ0n) is 31.0. The van der Waals surface area contributed by atoms with Crippen molar-refractivity contribution in [2.75, 3.05) is 66.3 Å². The summed E-state index contributed by atoms with van der Waals surface area (Å²) in [5.74, 6) is -0.487. The Hall–Kier alpha value is -3.19. The Bertz CT molecular complexity index is 1160. The molecule has 2 rings (SSSR count). The molecule has 1 saturated heterocycles. The van der Waals surface area contributed by atoms with Gasteiger partial charge in [-0.3, -0.25) is 14.5 Å². The Labute approximate surface area is 293 Å². The van der Waals surface area contributed by atoms with Crippen LogP contribution in [0.2, 0.25) is 0 Å². The van der Waals surface area contributed by atoms with Gasteiger partial charge in [-0.15, -0.1) is 0 Å². The van der Waals surface area contributed by atoms with Crippen LogP contribution in [0.3, 0.4) is 0 Å². The number of hydrogen-bond acceptors (Lipinski definition) is 9. The summed E-state index contributed by atoms with van der Waals surface area (Å²) in [7, 11) is 1.61. The van der Waals surface area contributed by atoms with E-state index >= 15 is 0 Å². The molecule has 0 bridgehead atoms. The number of amides is 3. The van der Waals surface area contributed by atoms with E-state index in [0.717, 1.165) is 19.6 Å². The van der Waals surface area contributed by atoms with Crippen molar-refractivity contribution in [1.29, 1.82) is 0 Å². The molecule has 1 aliphatic rings. The zero-order chi connectivity index (χ0) is 36.4. The maximum absolute atomic E-state index is 13.3. The van der Waals surface area contributed by atoms with Gasteiger partial charge >= 0.3 is 6.09 Å². The largest absolute Gasteiger partial charge is 0.489 e. The van der Waals surface area contributed by atoms with Crippen molar-refractivity contribution in [3.63, 3.8) is 0 Å². The first-order valence-corrected chi connectivity index (χ1v) is 17.6. The summed E-state index contributed by atoms with van der Waals surface area (Å²) in [5, 5.41) is 20.6. The molecular weight excluding hydrogens is 628 g/mol. The quantitative estimate of drug-likeness (QED) is 0.149. The van der Waals surface area contributed by atoms with Gasteiger partial charge in [0.05, 0.1) is 37.5 Å². The van der Waals surface area contributed by atoms with E-state index in [1.807, 2.05) is 45.9 Å². The van der Waals surface area contributed by atoms with Crippen LogP contribution in [0, 0.1) is 23.7 Å². The maximum Gasteiger partial charge on any atom is 0.407 e. The molecular formula is C37H62N4O8. The highest BCUT2D eigenvalue weighted by molar-refractivity contribution is 5.96. The Balaban J connectivity index is 2.14. The van der Waals surface area contributed by atoms with Crippen LogP contribution in [0.4, 0.5) is 4.79 Å². The third kappa shape index (κ3) is 16.4. The molecule has 12 heteroatoms. The summed E-state index contributed by atoms with van der Waals surface area (Å²) in [5.41, 5.74) is -0.325. The minimum absolute atomic E-state index is 0.0434.